The number of ether oxygens (including phenoxy) is 1. The number of rotatable bonds is 9. The van der Waals surface area contributed by atoms with Crippen molar-refractivity contribution in [2.75, 3.05) is 0 Å². The molecule has 162 valence electrons. The van der Waals surface area contributed by atoms with Crippen LogP contribution in [0.3, 0.4) is 0 Å². The molecule has 2 aromatic carbocycles. The Hall–Kier alpha value is -3.58. The summed E-state index contributed by atoms with van der Waals surface area (Å²) in [6.07, 6.45) is 3.52. The quantitative estimate of drug-likeness (QED) is 0.358. The zero-order valence-electron chi connectivity index (χ0n) is 17.7. The van der Waals surface area contributed by atoms with E-state index in [1.807, 2.05) is 73.7 Å². The van der Waals surface area contributed by atoms with E-state index in [0.29, 0.717) is 24.5 Å². The van der Waals surface area contributed by atoms with E-state index < -0.39 is 0 Å². The van der Waals surface area contributed by atoms with Gasteiger partial charge in [0.2, 0.25) is 0 Å². The van der Waals surface area contributed by atoms with Gasteiger partial charge in [-0.3, -0.25) is 9.78 Å². The molecule has 0 aliphatic rings. The minimum absolute atomic E-state index is 0.112. The lowest BCUT2D eigenvalue weighted by Gasteiger charge is -2.10. The van der Waals surface area contributed by atoms with Gasteiger partial charge in [-0.2, -0.15) is 0 Å². The largest absolute Gasteiger partial charge is 0.489 e. The fourth-order valence-corrected chi connectivity index (χ4v) is 3.97. The van der Waals surface area contributed by atoms with Crippen LogP contribution in [0.5, 0.6) is 5.75 Å². The van der Waals surface area contributed by atoms with Crippen molar-refractivity contribution >= 4 is 17.7 Å². The summed E-state index contributed by atoms with van der Waals surface area (Å²) >= 11 is 1.55. The minimum atomic E-state index is -0.112. The molecule has 0 saturated heterocycles. The number of benzene rings is 2. The first-order valence-electron chi connectivity index (χ1n) is 10.2. The zero-order chi connectivity index (χ0) is 22.2. The predicted molar refractivity (Wildman–Crippen MR) is 123 cm³/mol. The van der Waals surface area contributed by atoms with E-state index in [1.165, 1.54) is 0 Å². The Morgan fingerprint density at radius 1 is 1.06 bits per heavy atom. The second-order valence-corrected chi connectivity index (χ2v) is 8.21. The number of carbonyl (C=O) groups is 1. The molecule has 4 aromatic rings. The molecule has 0 radical (unpaired) electrons. The third-order valence-corrected chi connectivity index (χ3v) is 5.78. The molecule has 7 heteroatoms. The van der Waals surface area contributed by atoms with E-state index in [4.69, 9.17) is 9.26 Å². The van der Waals surface area contributed by atoms with E-state index in [1.54, 1.807) is 24.2 Å². The number of pyridine rings is 1. The van der Waals surface area contributed by atoms with Crippen molar-refractivity contribution in [3.8, 4) is 5.75 Å². The highest BCUT2D eigenvalue weighted by Gasteiger charge is 2.12. The first-order chi connectivity index (χ1) is 15.7. The SMILES string of the molecule is Cc1cc(CSc2ccccc2C(=O)NCc2ccc(OCc3cccnc3)cc2)on1. The Balaban J connectivity index is 1.30. The molecule has 0 atom stereocenters. The number of aryl methyl sites for hydroxylation is 1. The maximum absolute atomic E-state index is 12.8. The van der Waals surface area contributed by atoms with E-state index in [9.17, 15) is 4.79 Å². The number of hydrogen-bond acceptors (Lipinski definition) is 6. The van der Waals surface area contributed by atoms with Gasteiger partial charge in [-0.15, -0.1) is 11.8 Å². The highest BCUT2D eigenvalue weighted by molar-refractivity contribution is 7.98. The van der Waals surface area contributed by atoms with E-state index in [0.717, 1.165) is 33.2 Å². The molecule has 2 heterocycles. The van der Waals surface area contributed by atoms with Gasteiger partial charge in [-0.05, 0) is 42.8 Å². The van der Waals surface area contributed by atoms with Gasteiger partial charge in [0.15, 0.2) is 0 Å². The Morgan fingerprint density at radius 2 is 1.91 bits per heavy atom. The number of hydrogen-bond donors (Lipinski definition) is 1. The van der Waals surface area contributed by atoms with E-state index >= 15 is 0 Å². The summed E-state index contributed by atoms with van der Waals surface area (Å²) in [4.78, 5) is 17.8. The van der Waals surface area contributed by atoms with Crippen LogP contribution in [0.2, 0.25) is 0 Å². The van der Waals surface area contributed by atoms with Crippen LogP contribution in [-0.4, -0.2) is 16.0 Å². The summed E-state index contributed by atoms with van der Waals surface area (Å²) in [6, 6.07) is 21.0. The van der Waals surface area contributed by atoms with E-state index in [-0.39, 0.29) is 5.91 Å². The Labute approximate surface area is 191 Å². The second-order valence-electron chi connectivity index (χ2n) is 7.20. The standard InChI is InChI=1S/C25H23N3O3S/c1-18-13-22(31-28-18)17-32-24-7-3-2-6-23(24)25(29)27-15-19-8-10-21(11-9-19)30-16-20-5-4-12-26-14-20/h2-14H,15-17H2,1H3,(H,27,29). The van der Waals surface area contributed by atoms with Crippen molar-refractivity contribution in [3.63, 3.8) is 0 Å². The van der Waals surface area contributed by atoms with Crippen LogP contribution < -0.4 is 10.1 Å². The van der Waals surface area contributed by atoms with Crippen LogP contribution in [0.1, 0.15) is 32.9 Å². The van der Waals surface area contributed by atoms with Crippen LogP contribution in [0, 0.1) is 6.92 Å². The highest BCUT2D eigenvalue weighted by Crippen LogP contribution is 2.26. The smallest absolute Gasteiger partial charge is 0.252 e. The molecule has 2 aromatic heterocycles. The van der Waals surface area contributed by atoms with Gasteiger partial charge in [0.25, 0.3) is 5.91 Å². The number of nitrogens with zero attached hydrogens (tertiary/aromatic N) is 2. The lowest BCUT2D eigenvalue weighted by molar-refractivity contribution is 0.0948. The van der Waals surface area contributed by atoms with Gasteiger partial charge < -0.3 is 14.6 Å². The van der Waals surface area contributed by atoms with Gasteiger partial charge >= 0.3 is 0 Å². The number of amides is 1. The van der Waals surface area contributed by atoms with Crippen LogP contribution in [0.15, 0.2) is 88.5 Å². The van der Waals surface area contributed by atoms with Gasteiger partial charge in [0.05, 0.1) is 17.0 Å². The minimum Gasteiger partial charge on any atom is -0.489 e. The highest BCUT2D eigenvalue weighted by atomic mass is 32.2. The molecule has 0 fully saturated rings. The van der Waals surface area contributed by atoms with Gasteiger partial charge in [-0.1, -0.05) is 35.5 Å². The van der Waals surface area contributed by atoms with Crippen LogP contribution in [-0.2, 0) is 18.9 Å². The van der Waals surface area contributed by atoms with Gasteiger partial charge in [-0.25, -0.2) is 0 Å². The summed E-state index contributed by atoms with van der Waals surface area (Å²) < 4.78 is 11.0. The third kappa shape index (κ3) is 5.98. The van der Waals surface area contributed by atoms with Crippen LogP contribution in [0.25, 0.3) is 0 Å². The molecule has 0 unspecified atom stereocenters. The first-order valence-corrected chi connectivity index (χ1v) is 11.2. The fourth-order valence-electron chi connectivity index (χ4n) is 3.04. The summed E-state index contributed by atoms with van der Waals surface area (Å²) in [5.41, 5.74) is 3.50. The van der Waals surface area contributed by atoms with Gasteiger partial charge in [0, 0.05) is 35.5 Å². The normalized spacial score (nSPS) is 10.7. The molecule has 0 spiro atoms. The number of carbonyl (C=O) groups excluding carboxylic acids is 1. The fraction of sp³-hybridized carbons (Fsp3) is 0.160. The van der Waals surface area contributed by atoms with Crippen molar-refractivity contribution in [2.24, 2.45) is 0 Å². The van der Waals surface area contributed by atoms with E-state index in [2.05, 4.69) is 15.5 Å². The Bertz CT molecular complexity index is 1160. The monoisotopic (exact) mass is 445 g/mol. The molecule has 0 aliphatic heterocycles. The van der Waals surface area contributed by atoms with Crippen LogP contribution in [0.4, 0.5) is 0 Å². The van der Waals surface area contributed by atoms with Crippen LogP contribution >= 0.6 is 11.8 Å². The summed E-state index contributed by atoms with van der Waals surface area (Å²) in [6.45, 7) is 2.78. The predicted octanol–water partition coefficient (Wildman–Crippen LogP) is 5.18. The van der Waals surface area contributed by atoms with Crippen molar-refractivity contribution in [2.45, 2.75) is 30.7 Å². The van der Waals surface area contributed by atoms with Crippen molar-refractivity contribution < 1.29 is 14.1 Å². The summed E-state index contributed by atoms with van der Waals surface area (Å²) in [5, 5.41) is 6.90. The maximum Gasteiger partial charge on any atom is 0.252 e. The first kappa shape index (κ1) is 21.6. The maximum atomic E-state index is 12.8. The number of thioether (sulfide) groups is 1. The lowest BCUT2D eigenvalue weighted by Crippen LogP contribution is -2.23. The molecular weight excluding hydrogens is 422 g/mol. The molecular formula is C25H23N3O3S. The molecule has 4 rings (SSSR count). The zero-order valence-corrected chi connectivity index (χ0v) is 18.5. The molecule has 32 heavy (non-hydrogen) atoms. The Kier molecular flexibility index (Phi) is 7.19. The molecule has 1 N–H and O–H groups in total. The second kappa shape index (κ2) is 10.6. The lowest BCUT2D eigenvalue weighted by atomic mass is 10.2. The number of aromatic nitrogens is 2. The van der Waals surface area contributed by atoms with Crippen molar-refractivity contribution in [3.05, 3.63) is 107 Å². The van der Waals surface area contributed by atoms with Gasteiger partial charge in [0.1, 0.15) is 18.1 Å². The molecule has 0 aliphatic carbocycles. The summed E-state index contributed by atoms with van der Waals surface area (Å²) in [5.74, 6) is 2.06. The molecule has 0 saturated carbocycles. The average molecular weight is 446 g/mol. The molecule has 0 bridgehead atoms. The molecule has 6 nitrogen and oxygen atoms in total. The number of nitrogens with one attached hydrogen (secondary N) is 1. The Morgan fingerprint density at radius 3 is 2.66 bits per heavy atom. The summed E-state index contributed by atoms with van der Waals surface area (Å²) in [7, 11) is 0. The third-order valence-electron chi connectivity index (χ3n) is 4.68. The van der Waals surface area contributed by atoms with Crippen molar-refractivity contribution in [1.82, 2.24) is 15.5 Å². The molecule has 1 amide bonds. The van der Waals surface area contributed by atoms with Crippen molar-refractivity contribution in [1.29, 1.82) is 0 Å². The topological polar surface area (TPSA) is 77.2 Å². The average Bonchev–Trinajstić information content (AvgIpc) is 3.26.